The molecule has 4 aliphatic heterocycles. The normalized spacial score (nSPS) is 19.0. The van der Waals surface area contributed by atoms with Crippen LogP contribution in [0.2, 0.25) is 0 Å². The zero-order valence-corrected chi connectivity index (χ0v) is 66.1. The first-order valence-corrected chi connectivity index (χ1v) is 37.2. The van der Waals surface area contributed by atoms with Gasteiger partial charge in [0.05, 0.1) is 44.5 Å². The first-order chi connectivity index (χ1) is 63.5. The van der Waals surface area contributed by atoms with Crippen molar-refractivity contribution in [3.8, 4) is 206 Å². The van der Waals surface area contributed by atoms with Crippen LogP contribution in [0.1, 0.15) is 104 Å². The summed E-state index contributed by atoms with van der Waals surface area (Å²) in [7, 11) is 0. The van der Waals surface area contributed by atoms with E-state index in [1.165, 1.54) is 0 Å². The summed E-state index contributed by atoms with van der Waals surface area (Å²) in [5, 5.41) is 328. The molecule has 0 radical (unpaired) electrons. The standard InChI is InChI=1S/C82H58O53/c83-27-1-17(2-28(84)47(27)95)72(113)131-67-65-41(127-81(122)69(67)133-74(115)19-5-31(87)49(97)32(88)6-19)15-123-76(117)24-14-40(56(104)60(108)46(24)43-21(78(119)129-65)9-35(91)51(99)57(43)105)126-64-26(12-38(94)54(102)62(64)110)80(121)135-82-70(134-75(116)20-7-33(89)50(98)34(90)8-20)68(132-73(114)18-3-29(85)48(96)30(86)4-18)66-42(128-82)16-124-77(118)23-13-39(125-63-25(71(111)112)11-37(93)53(101)61(63)109)55(103)59(107)45(23)44-22(79(120)130-66)10-36(92)52(100)58(44)106/h1-14,41-42,65-70,81-110,122H,15-16H2,(H,111,112)/t41-,42-,65-,66-,67+,68+,69-,70-,81-,82+/m1/s1. The van der Waals surface area contributed by atoms with E-state index in [0.29, 0.717) is 48.5 Å². The lowest BCUT2D eigenvalue weighted by Crippen LogP contribution is -2.63. The summed E-state index contributed by atoms with van der Waals surface area (Å²) in [6.45, 7) is -3.27. The van der Waals surface area contributed by atoms with Gasteiger partial charge in [0.1, 0.15) is 36.5 Å². The number of carboxylic acids is 1. The van der Waals surface area contributed by atoms with Crippen LogP contribution in [-0.4, -0.2) is 288 Å². The van der Waals surface area contributed by atoms with Gasteiger partial charge in [-0.05, 0) is 60.7 Å². The van der Waals surface area contributed by atoms with Gasteiger partial charge in [0.25, 0.3) is 0 Å². The molecule has 0 saturated carbocycles. The molecule has 0 aromatic heterocycles. The van der Waals surface area contributed by atoms with Crippen molar-refractivity contribution in [1.29, 1.82) is 0 Å². The van der Waals surface area contributed by atoms with Crippen molar-refractivity contribution in [3.05, 3.63) is 141 Å². The average Bonchev–Trinajstić information content (AvgIpc) is 1.64. The maximum atomic E-state index is 15.5. The number of phenolic OH excluding ortho intramolecular Hbond substituents is 28. The topological polar surface area (TPSA) is 898 Å². The van der Waals surface area contributed by atoms with Crippen LogP contribution in [-0.2, 0) is 52.1 Å². The highest BCUT2D eigenvalue weighted by Gasteiger charge is 2.58. The monoisotopic (exact) mass is 1890 g/mol. The van der Waals surface area contributed by atoms with E-state index in [-0.39, 0.29) is 36.4 Å². The van der Waals surface area contributed by atoms with Gasteiger partial charge in [0.2, 0.25) is 58.4 Å². The highest BCUT2D eigenvalue weighted by Crippen LogP contribution is 2.59. The number of benzene rings is 10. The van der Waals surface area contributed by atoms with Crippen molar-refractivity contribution in [2.75, 3.05) is 13.2 Å². The summed E-state index contributed by atoms with van der Waals surface area (Å²) in [6.07, 6.45) is -28.0. The molecule has 14 rings (SSSR count). The fraction of sp³-hybridized carbons (Fsp3) is 0.146. The molecule has 10 aromatic carbocycles. The Balaban J connectivity index is 0.893. The van der Waals surface area contributed by atoms with Gasteiger partial charge in [-0.2, -0.15) is 0 Å². The number of fused-ring (bicyclic) bond motifs is 8. The Labute approximate surface area is 741 Å². The molecular weight excluding hydrogens is 1830 g/mol. The Morgan fingerprint density at radius 2 is 0.548 bits per heavy atom. The molecule has 53 heteroatoms. The summed E-state index contributed by atoms with van der Waals surface area (Å²) in [4.78, 5) is 146. The average molecular weight is 1890 g/mol. The van der Waals surface area contributed by atoms with Gasteiger partial charge < -0.3 is 215 Å². The summed E-state index contributed by atoms with van der Waals surface area (Å²) >= 11 is 0. The zero-order valence-electron chi connectivity index (χ0n) is 66.1. The van der Waals surface area contributed by atoms with Crippen LogP contribution in [0.3, 0.4) is 0 Å². The van der Waals surface area contributed by atoms with Crippen LogP contribution in [0.15, 0.2) is 84.9 Å². The number of hydrogen-bond acceptors (Lipinski definition) is 52. The van der Waals surface area contributed by atoms with Gasteiger partial charge >= 0.3 is 59.7 Å². The largest absolute Gasteiger partial charge is 0.504 e. The molecule has 704 valence electrons. The maximum absolute atomic E-state index is 15.5. The summed E-state index contributed by atoms with van der Waals surface area (Å²) in [5.74, 6) is -68.6. The predicted molar refractivity (Wildman–Crippen MR) is 417 cm³/mol. The molecule has 53 nitrogen and oxygen atoms in total. The van der Waals surface area contributed by atoms with Gasteiger partial charge in [0, 0.05) is 46.5 Å². The lowest BCUT2D eigenvalue weighted by atomic mass is 9.91. The highest BCUT2D eigenvalue weighted by molar-refractivity contribution is 6.11. The second-order valence-corrected chi connectivity index (χ2v) is 28.9. The van der Waals surface area contributed by atoms with Crippen molar-refractivity contribution >= 4 is 59.7 Å². The third-order valence-electron chi connectivity index (χ3n) is 20.5. The number of aromatic hydroxyl groups is 28. The second kappa shape index (κ2) is 34.4. The summed E-state index contributed by atoms with van der Waals surface area (Å²) in [5.41, 5.74) is -18.3. The third-order valence-corrected chi connectivity index (χ3v) is 20.5. The lowest BCUT2D eigenvalue weighted by molar-refractivity contribution is -0.284. The van der Waals surface area contributed by atoms with Gasteiger partial charge in [-0.15, -0.1) is 0 Å². The quantitative estimate of drug-likeness (QED) is 0.0395. The Morgan fingerprint density at radius 1 is 0.274 bits per heavy atom. The van der Waals surface area contributed by atoms with Crippen LogP contribution < -0.4 is 9.47 Å². The molecule has 2 saturated heterocycles. The Kier molecular flexibility index (Phi) is 23.4. The van der Waals surface area contributed by atoms with E-state index in [9.17, 15) is 177 Å². The predicted octanol–water partition coefficient (Wildman–Crippen LogP) is 3.65. The van der Waals surface area contributed by atoms with Crippen molar-refractivity contribution in [2.45, 2.75) is 61.4 Å². The van der Waals surface area contributed by atoms with Gasteiger partial charge in [-0.3, -0.25) is 0 Å². The summed E-state index contributed by atoms with van der Waals surface area (Å²) < 4.78 is 73.4. The summed E-state index contributed by atoms with van der Waals surface area (Å²) in [6, 6.07) is 4.37. The first kappa shape index (κ1) is 92.0. The number of aliphatic hydroxyl groups excluding tert-OH is 1. The van der Waals surface area contributed by atoms with Crippen molar-refractivity contribution < 1.29 is 263 Å². The van der Waals surface area contributed by atoms with E-state index >= 15 is 24.0 Å². The molecule has 135 heavy (non-hydrogen) atoms. The number of ether oxygens (including phenoxy) is 13. The number of aromatic carboxylic acids is 1. The molecular formula is C82H58O53. The van der Waals surface area contributed by atoms with E-state index < -0.39 is 396 Å². The van der Waals surface area contributed by atoms with Crippen LogP contribution in [0.25, 0.3) is 22.3 Å². The second-order valence-electron chi connectivity index (χ2n) is 28.9. The van der Waals surface area contributed by atoms with E-state index in [2.05, 4.69) is 0 Å². The molecule has 10 aromatic rings. The van der Waals surface area contributed by atoms with Crippen LogP contribution >= 0.6 is 0 Å². The van der Waals surface area contributed by atoms with E-state index in [4.69, 9.17) is 61.6 Å². The Hall–Kier alpha value is -19.2. The number of carbonyl (C=O) groups excluding carboxylic acids is 9. The number of cyclic esters (lactones) is 2. The van der Waals surface area contributed by atoms with Crippen LogP contribution in [0.5, 0.6) is 184 Å². The third kappa shape index (κ3) is 16.4. The van der Waals surface area contributed by atoms with Crippen LogP contribution in [0, 0.1) is 0 Å². The number of hydrogen-bond donors (Lipinski definition) is 30. The molecule has 4 heterocycles. The highest BCUT2D eigenvalue weighted by atomic mass is 16.8. The van der Waals surface area contributed by atoms with Crippen molar-refractivity contribution in [1.82, 2.24) is 0 Å². The van der Waals surface area contributed by atoms with Gasteiger partial charge in [-0.25, -0.2) is 47.9 Å². The molecule has 4 aliphatic rings. The number of aliphatic hydroxyl groups is 1. The SMILES string of the molecule is O=C(O[C@@H]1[C@@H](OC(=O)c2cc(O)c(O)c(O)c2)[C@H](O)O[C@@H]2COC(=O)c3cc(Oc4c(C(=O)O[C@@H]5O[C@@H]6COC(=O)c7cc(Oc8c(C(=O)O)cc(O)c(O)c8O)c(O)c(O)c7-c7c(cc(O)c(O)c7O)C(=O)O[C@H]6[C@H](OC(=O)c6cc(O)c(O)c(O)c6)[C@H]5OC(=O)c5cc(O)c(O)c(O)c5)cc(O)c(O)c4O)c(O)c(O)c3-c3c(cc(O)c(O)c3O)C(=O)O[C@@H]12)c1cc(O)c(O)c(O)c1. The lowest BCUT2D eigenvalue weighted by Gasteiger charge is -2.43. The number of carbonyl (C=O) groups is 10. The number of phenols is 28. The zero-order chi connectivity index (χ0) is 98.6. The smallest absolute Gasteiger partial charge is 0.344 e. The van der Waals surface area contributed by atoms with Crippen molar-refractivity contribution in [2.24, 2.45) is 0 Å². The van der Waals surface area contributed by atoms with E-state index in [1.54, 1.807) is 0 Å². The van der Waals surface area contributed by atoms with Crippen molar-refractivity contribution in [3.63, 3.8) is 0 Å². The Morgan fingerprint density at radius 3 is 0.896 bits per heavy atom. The Bertz CT molecular complexity index is 6720. The minimum absolute atomic E-state index is 0.0633. The molecule has 0 aliphatic carbocycles. The molecule has 0 amide bonds. The number of carboxylic acid groups (broad SMARTS) is 1. The van der Waals surface area contributed by atoms with Gasteiger partial charge in [-0.1, -0.05) is 0 Å². The molecule has 0 unspecified atom stereocenters. The van der Waals surface area contributed by atoms with E-state index in [1.807, 2.05) is 0 Å². The molecule has 2 fully saturated rings. The minimum atomic E-state index is -3.20. The maximum Gasteiger partial charge on any atom is 0.344 e. The van der Waals surface area contributed by atoms with E-state index in [0.717, 1.165) is 0 Å². The molecule has 30 N–H and O–H groups in total. The first-order valence-electron chi connectivity index (χ1n) is 37.2. The molecule has 0 bridgehead atoms. The fourth-order valence-corrected chi connectivity index (χ4v) is 14.0. The molecule has 10 atom stereocenters. The fourth-order valence-electron chi connectivity index (χ4n) is 14.0. The molecule has 0 spiro atoms. The number of rotatable bonds is 15. The number of esters is 9. The minimum Gasteiger partial charge on any atom is -0.504 e. The van der Waals surface area contributed by atoms with Crippen LogP contribution in [0.4, 0.5) is 0 Å². The van der Waals surface area contributed by atoms with Gasteiger partial charge in [0.15, 0.2) is 175 Å².